The zero-order chi connectivity index (χ0) is 24.8. The summed E-state index contributed by atoms with van der Waals surface area (Å²) in [6, 6.07) is 12.5. The second-order valence-corrected chi connectivity index (χ2v) is 9.53. The van der Waals surface area contributed by atoms with Crippen molar-refractivity contribution in [1.82, 2.24) is 15.1 Å². The Kier molecular flexibility index (Phi) is 8.44. The fourth-order valence-corrected chi connectivity index (χ4v) is 4.16. The number of carbonyl (C=O) groups is 4. The minimum absolute atomic E-state index is 0.0706. The Hall–Kier alpha value is -3.20. The molecule has 3 rings (SSSR count). The van der Waals surface area contributed by atoms with Crippen LogP contribution in [0.15, 0.2) is 53.0 Å². The highest BCUT2D eigenvalue weighted by atomic mass is 79.9. The topological polar surface area (TPSA) is 107 Å². The van der Waals surface area contributed by atoms with E-state index < -0.39 is 29.9 Å². The van der Waals surface area contributed by atoms with Crippen LogP contribution in [0.1, 0.15) is 53.0 Å². The second-order valence-electron chi connectivity index (χ2n) is 8.61. The van der Waals surface area contributed by atoms with Crippen LogP contribution in [0.3, 0.4) is 0 Å². The van der Waals surface area contributed by atoms with Crippen LogP contribution in [-0.2, 0) is 11.3 Å². The van der Waals surface area contributed by atoms with Crippen molar-refractivity contribution >= 4 is 39.7 Å². The molecule has 2 aromatic carbocycles. The first-order valence-corrected chi connectivity index (χ1v) is 11.9. The van der Waals surface area contributed by atoms with Gasteiger partial charge in [0.25, 0.3) is 11.8 Å². The number of aliphatic carboxylic acids is 1. The molecule has 2 N–H and O–H groups in total. The average molecular weight is 530 g/mol. The number of hydrogen-bond donors (Lipinski definition) is 2. The van der Waals surface area contributed by atoms with E-state index in [1.165, 1.54) is 4.90 Å². The van der Waals surface area contributed by atoms with Gasteiger partial charge in [-0.05, 0) is 42.5 Å². The summed E-state index contributed by atoms with van der Waals surface area (Å²) in [6.07, 6.45) is 0.544. The van der Waals surface area contributed by atoms with E-state index in [0.717, 1.165) is 10.5 Å². The van der Waals surface area contributed by atoms with Crippen molar-refractivity contribution in [3.8, 4) is 0 Å². The zero-order valence-corrected chi connectivity index (χ0v) is 20.7. The molecular formula is C25H28BrN3O5. The Labute approximate surface area is 207 Å². The molecule has 0 bridgehead atoms. The number of nitrogens with zero attached hydrogens (tertiary/aromatic N) is 2. The molecule has 180 valence electrons. The standard InChI is InChI=1S/C25H28BrN3O5/c1-16(2)10-12-28(25(34)27-15-17-6-4-3-5-7-17)21(24(32)33)11-13-29-22(30)19-9-8-18(26)14-20(19)23(29)31/h3-9,14,16,21H,10-13,15H2,1-2H3,(H,27,34)(H,32,33)/t21-/m1/s1. The van der Waals surface area contributed by atoms with Crippen LogP contribution >= 0.6 is 15.9 Å². The van der Waals surface area contributed by atoms with Gasteiger partial charge in [-0.3, -0.25) is 14.5 Å². The molecule has 0 spiro atoms. The van der Waals surface area contributed by atoms with Crippen LogP contribution in [0, 0.1) is 5.92 Å². The first kappa shape index (κ1) is 25.4. The third kappa shape index (κ3) is 6.02. The van der Waals surface area contributed by atoms with E-state index in [1.54, 1.807) is 18.2 Å². The molecule has 2 aromatic rings. The predicted molar refractivity (Wildman–Crippen MR) is 130 cm³/mol. The molecule has 0 aromatic heterocycles. The van der Waals surface area contributed by atoms with Crippen LogP contribution < -0.4 is 5.32 Å². The molecular weight excluding hydrogens is 502 g/mol. The molecule has 4 amide bonds. The highest BCUT2D eigenvalue weighted by molar-refractivity contribution is 9.10. The van der Waals surface area contributed by atoms with E-state index >= 15 is 0 Å². The molecule has 1 aliphatic rings. The van der Waals surface area contributed by atoms with Gasteiger partial charge in [-0.2, -0.15) is 0 Å². The van der Waals surface area contributed by atoms with Gasteiger partial charge in [0, 0.05) is 24.1 Å². The normalized spacial score (nSPS) is 13.7. The molecule has 34 heavy (non-hydrogen) atoms. The van der Waals surface area contributed by atoms with Gasteiger partial charge >= 0.3 is 12.0 Å². The molecule has 8 nitrogen and oxygen atoms in total. The van der Waals surface area contributed by atoms with Gasteiger partial charge in [0.2, 0.25) is 0 Å². The lowest BCUT2D eigenvalue weighted by molar-refractivity contribution is -0.142. The number of rotatable bonds is 10. The third-order valence-electron chi connectivity index (χ3n) is 5.71. The summed E-state index contributed by atoms with van der Waals surface area (Å²) in [5, 5.41) is 12.7. The summed E-state index contributed by atoms with van der Waals surface area (Å²) in [5.41, 5.74) is 1.46. The molecule has 1 aliphatic heterocycles. The van der Waals surface area contributed by atoms with E-state index in [0.29, 0.717) is 10.9 Å². The number of carboxylic acids is 1. The Bertz CT molecular complexity index is 1070. The van der Waals surface area contributed by atoms with Crippen LogP contribution in [0.4, 0.5) is 4.79 Å². The molecule has 0 aliphatic carbocycles. The number of carbonyl (C=O) groups excluding carboxylic acids is 3. The van der Waals surface area contributed by atoms with Gasteiger partial charge in [-0.1, -0.05) is 60.1 Å². The van der Waals surface area contributed by atoms with Crippen molar-refractivity contribution < 1.29 is 24.3 Å². The van der Waals surface area contributed by atoms with E-state index in [1.807, 2.05) is 44.2 Å². The number of urea groups is 1. The summed E-state index contributed by atoms with van der Waals surface area (Å²) >= 11 is 3.30. The average Bonchev–Trinajstić information content (AvgIpc) is 3.03. The lowest BCUT2D eigenvalue weighted by atomic mass is 10.1. The Morgan fingerprint density at radius 3 is 2.35 bits per heavy atom. The zero-order valence-electron chi connectivity index (χ0n) is 19.2. The SMILES string of the molecule is CC(C)CCN(C(=O)NCc1ccccc1)[C@H](CCN1C(=O)c2ccc(Br)cc2C1=O)C(=O)O. The highest BCUT2D eigenvalue weighted by Gasteiger charge is 2.37. The largest absolute Gasteiger partial charge is 0.480 e. The van der Waals surface area contributed by atoms with Gasteiger partial charge < -0.3 is 15.3 Å². The quantitative estimate of drug-likeness (QED) is 0.449. The summed E-state index contributed by atoms with van der Waals surface area (Å²) in [7, 11) is 0. The Morgan fingerprint density at radius 2 is 1.71 bits per heavy atom. The van der Waals surface area contributed by atoms with Crippen LogP contribution in [0.25, 0.3) is 0 Å². The summed E-state index contributed by atoms with van der Waals surface area (Å²) < 4.78 is 0.674. The van der Waals surface area contributed by atoms with Crippen molar-refractivity contribution in [3.05, 3.63) is 69.7 Å². The van der Waals surface area contributed by atoms with Crippen LogP contribution in [-0.4, -0.2) is 57.9 Å². The summed E-state index contributed by atoms with van der Waals surface area (Å²) in [4.78, 5) is 53.0. The Morgan fingerprint density at radius 1 is 1.03 bits per heavy atom. The number of carboxylic acid groups (broad SMARTS) is 1. The molecule has 0 fully saturated rings. The lowest BCUT2D eigenvalue weighted by Gasteiger charge is -2.30. The van der Waals surface area contributed by atoms with Crippen molar-refractivity contribution in [3.63, 3.8) is 0 Å². The number of benzene rings is 2. The van der Waals surface area contributed by atoms with Crippen molar-refractivity contribution in [2.45, 2.75) is 39.3 Å². The minimum atomic E-state index is -1.19. The smallest absolute Gasteiger partial charge is 0.326 e. The highest BCUT2D eigenvalue weighted by Crippen LogP contribution is 2.26. The van der Waals surface area contributed by atoms with Gasteiger partial charge in [-0.15, -0.1) is 0 Å². The molecule has 0 saturated heterocycles. The van der Waals surface area contributed by atoms with Gasteiger partial charge in [0.15, 0.2) is 0 Å². The number of fused-ring (bicyclic) bond motifs is 1. The monoisotopic (exact) mass is 529 g/mol. The summed E-state index contributed by atoms with van der Waals surface area (Å²) in [6.45, 7) is 4.38. The van der Waals surface area contributed by atoms with Crippen LogP contribution in [0.2, 0.25) is 0 Å². The molecule has 1 heterocycles. The van der Waals surface area contributed by atoms with Crippen molar-refractivity contribution in [2.75, 3.05) is 13.1 Å². The van der Waals surface area contributed by atoms with Crippen LogP contribution in [0.5, 0.6) is 0 Å². The van der Waals surface area contributed by atoms with E-state index in [4.69, 9.17) is 0 Å². The van der Waals surface area contributed by atoms with Gasteiger partial charge in [-0.25, -0.2) is 9.59 Å². The number of halogens is 1. The molecule has 1 atom stereocenters. The first-order valence-electron chi connectivity index (χ1n) is 11.2. The van der Waals surface area contributed by atoms with Gasteiger partial charge in [0.1, 0.15) is 6.04 Å². The van der Waals surface area contributed by atoms with E-state index in [-0.39, 0.29) is 43.1 Å². The maximum absolute atomic E-state index is 13.0. The number of imide groups is 1. The minimum Gasteiger partial charge on any atom is -0.480 e. The fraction of sp³-hybridized carbons (Fsp3) is 0.360. The predicted octanol–water partition coefficient (Wildman–Crippen LogP) is 4.15. The molecule has 0 saturated carbocycles. The number of hydrogen-bond acceptors (Lipinski definition) is 4. The van der Waals surface area contributed by atoms with E-state index in [9.17, 15) is 24.3 Å². The summed E-state index contributed by atoms with van der Waals surface area (Å²) in [5.74, 6) is -1.85. The molecule has 0 unspecified atom stereocenters. The maximum Gasteiger partial charge on any atom is 0.326 e. The van der Waals surface area contributed by atoms with E-state index in [2.05, 4.69) is 21.2 Å². The van der Waals surface area contributed by atoms with Gasteiger partial charge in [0.05, 0.1) is 11.1 Å². The Balaban J connectivity index is 1.73. The first-order chi connectivity index (χ1) is 16.2. The second kappa shape index (κ2) is 11.3. The molecule has 9 heteroatoms. The number of amides is 4. The van der Waals surface area contributed by atoms with Crippen molar-refractivity contribution in [2.24, 2.45) is 5.92 Å². The number of nitrogens with one attached hydrogen (secondary N) is 1. The molecule has 0 radical (unpaired) electrons. The third-order valence-corrected chi connectivity index (χ3v) is 6.21. The fourth-order valence-electron chi connectivity index (χ4n) is 3.80. The lowest BCUT2D eigenvalue weighted by Crippen LogP contribution is -2.51. The van der Waals surface area contributed by atoms with Crippen molar-refractivity contribution in [1.29, 1.82) is 0 Å². The maximum atomic E-state index is 13.0.